The highest BCUT2D eigenvalue weighted by atomic mass is 16.5. The van der Waals surface area contributed by atoms with E-state index < -0.39 is 0 Å². The first-order valence-corrected chi connectivity index (χ1v) is 6.68. The number of nitrogens with zero attached hydrogens (tertiary/aromatic N) is 1. The van der Waals surface area contributed by atoms with Crippen LogP contribution in [0.15, 0.2) is 24.5 Å². The van der Waals surface area contributed by atoms with Gasteiger partial charge in [0.2, 0.25) is 0 Å². The number of rotatable bonds is 6. The van der Waals surface area contributed by atoms with Crippen LogP contribution in [0, 0.1) is 5.41 Å². The zero-order valence-corrected chi connectivity index (χ0v) is 11.7. The summed E-state index contributed by atoms with van der Waals surface area (Å²) in [7, 11) is 1.74. The van der Waals surface area contributed by atoms with Gasteiger partial charge in [-0.1, -0.05) is 13.8 Å². The first-order valence-electron chi connectivity index (χ1n) is 6.68. The van der Waals surface area contributed by atoms with Crippen LogP contribution in [-0.2, 0) is 10.2 Å². The molecule has 0 aromatic carbocycles. The van der Waals surface area contributed by atoms with E-state index in [0.29, 0.717) is 10.8 Å². The molecule has 1 aliphatic carbocycles. The van der Waals surface area contributed by atoms with E-state index in [2.05, 4.69) is 36.3 Å². The Morgan fingerprint density at radius 2 is 1.94 bits per heavy atom. The predicted octanol–water partition coefficient (Wildman–Crippen LogP) is 2.38. The SMILES string of the molecule is COCCNCC1(c2ccncc2)CC(C)(C)C1. The van der Waals surface area contributed by atoms with Crippen LogP contribution >= 0.6 is 0 Å². The van der Waals surface area contributed by atoms with Crippen molar-refractivity contribution in [1.82, 2.24) is 10.3 Å². The highest BCUT2D eigenvalue weighted by Gasteiger charge is 2.49. The van der Waals surface area contributed by atoms with E-state index in [0.717, 1.165) is 19.7 Å². The van der Waals surface area contributed by atoms with Crippen molar-refractivity contribution >= 4 is 0 Å². The van der Waals surface area contributed by atoms with Gasteiger partial charge in [-0.2, -0.15) is 0 Å². The van der Waals surface area contributed by atoms with Crippen LogP contribution < -0.4 is 5.32 Å². The van der Waals surface area contributed by atoms with E-state index in [4.69, 9.17) is 4.74 Å². The molecule has 3 nitrogen and oxygen atoms in total. The Balaban J connectivity index is 2.02. The maximum Gasteiger partial charge on any atom is 0.0587 e. The first kappa shape index (κ1) is 13.5. The van der Waals surface area contributed by atoms with Crippen LogP contribution in [0.5, 0.6) is 0 Å². The second-order valence-corrected chi connectivity index (χ2v) is 6.20. The Morgan fingerprint density at radius 3 is 2.50 bits per heavy atom. The normalized spacial score (nSPS) is 20.4. The third kappa shape index (κ3) is 2.90. The Kier molecular flexibility index (Phi) is 4.03. The minimum atomic E-state index is 0.292. The Bertz CT molecular complexity index is 367. The third-order valence-electron chi connectivity index (χ3n) is 3.87. The van der Waals surface area contributed by atoms with Gasteiger partial charge in [-0.15, -0.1) is 0 Å². The van der Waals surface area contributed by atoms with Crippen molar-refractivity contribution < 1.29 is 4.74 Å². The van der Waals surface area contributed by atoms with Gasteiger partial charge in [0.05, 0.1) is 6.61 Å². The minimum Gasteiger partial charge on any atom is -0.383 e. The molecule has 2 rings (SSSR count). The van der Waals surface area contributed by atoms with Crippen LogP contribution in [0.4, 0.5) is 0 Å². The fourth-order valence-electron chi connectivity index (χ4n) is 3.42. The zero-order chi connectivity index (χ0) is 13.1. The van der Waals surface area contributed by atoms with Crippen LogP contribution in [0.2, 0.25) is 0 Å². The molecule has 3 heteroatoms. The van der Waals surface area contributed by atoms with Gasteiger partial charge in [0.15, 0.2) is 0 Å². The molecule has 1 N–H and O–H groups in total. The smallest absolute Gasteiger partial charge is 0.0587 e. The lowest BCUT2D eigenvalue weighted by atomic mass is 9.52. The standard InChI is InChI=1S/C15H24N2O/c1-14(2)10-15(11-14,12-17-8-9-18-3)13-4-6-16-7-5-13/h4-7,17H,8-12H2,1-3H3. The number of nitrogens with one attached hydrogen (secondary N) is 1. The molecule has 1 aliphatic rings. The van der Waals surface area contributed by atoms with Gasteiger partial charge >= 0.3 is 0 Å². The lowest BCUT2D eigenvalue weighted by Crippen LogP contribution is -2.52. The van der Waals surface area contributed by atoms with E-state index in [1.807, 2.05) is 12.4 Å². The summed E-state index contributed by atoms with van der Waals surface area (Å²) >= 11 is 0. The molecule has 0 atom stereocenters. The molecular formula is C15H24N2O. The van der Waals surface area contributed by atoms with Crippen molar-refractivity contribution in [2.24, 2.45) is 5.41 Å². The molecule has 1 aromatic heterocycles. The molecular weight excluding hydrogens is 224 g/mol. The average Bonchev–Trinajstić information content (AvgIpc) is 2.33. The molecule has 0 radical (unpaired) electrons. The van der Waals surface area contributed by atoms with Crippen LogP contribution in [0.1, 0.15) is 32.3 Å². The van der Waals surface area contributed by atoms with Crippen LogP contribution in [0.3, 0.4) is 0 Å². The molecule has 100 valence electrons. The Hall–Kier alpha value is -0.930. The highest BCUT2D eigenvalue weighted by Crippen LogP contribution is 2.54. The van der Waals surface area contributed by atoms with Crippen molar-refractivity contribution in [2.75, 3.05) is 26.8 Å². The van der Waals surface area contributed by atoms with E-state index in [1.54, 1.807) is 7.11 Å². The summed E-state index contributed by atoms with van der Waals surface area (Å²) < 4.78 is 5.08. The fraction of sp³-hybridized carbons (Fsp3) is 0.667. The summed E-state index contributed by atoms with van der Waals surface area (Å²) in [5, 5.41) is 3.52. The summed E-state index contributed by atoms with van der Waals surface area (Å²) in [4.78, 5) is 4.12. The van der Waals surface area contributed by atoms with Gasteiger partial charge < -0.3 is 10.1 Å². The van der Waals surface area contributed by atoms with Crippen molar-refractivity contribution in [3.63, 3.8) is 0 Å². The Morgan fingerprint density at radius 1 is 1.28 bits per heavy atom. The minimum absolute atomic E-state index is 0.292. The number of methoxy groups -OCH3 is 1. The van der Waals surface area contributed by atoms with Crippen LogP contribution in [0.25, 0.3) is 0 Å². The summed E-state index contributed by atoms with van der Waals surface area (Å²) in [6, 6.07) is 4.32. The van der Waals surface area contributed by atoms with Crippen LogP contribution in [-0.4, -0.2) is 31.8 Å². The largest absolute Gasteiger partial charge is 0.383 e. The third-order valence-corrected chi connectivity index (χ3v) is 3.87. The molecule has 1 saturated carbocycles. The molecule has 0 bridgehead atoms. The quantitative estimate of drug-likeness (QED) is 0.785. The first-order chi connectivity index (χ1) is 8.58. The summed E-state index contributed by atoms with van der Waals surface area (Å²) in [6.07, 6.45) is 6.28. The van der Waals surface area contributed by atoms with Crippen molar-refractivity contribution in [1.29, 1.82) is 0 Å². The van der Waals surface area contributed by atoms with Gasteiger partial charge in [-0.05, 0) is 36.0 Å². The summed E-state index contributed by atoms with van der Waals surface area (Å²) in [5.74, 6) is 0. The van der Waals surface area contributed by atoms with E-state index in [9.17, 15) is 0 Å². The van der Waals surface area contributed by atoms with E-state index in [-0.39, 0.29) is 0 Å². The molecule has 0 unspecified atom stereocenters. The van der Waals surface area contributed by atoms with E-state index >= 15 is 0 Å². The molecule has 1 fully saturated rings. The van der Waals surface area contributed by atoms with Gasteiger partial charge in [-0.25, -0.2) is 0 Å². The molecule has 0 spiro atoms. The highest BCUT2D eigenvalue weighted by molar-refractivity contribution is 5.29. The zero-order valence-electron chi connectivity index (χ0n) is 11.7. The number of ether oxygens (including phenoxy) is 1. The number of hydrogen-bond acceptors (Lipinski definition) is 3. The van der Waals surface area contributed by atoms with Crippen molar-refractivity contribution in [2.45, 2.75) is 32.1 Å². The fourth-order valence-corrected chi connectivity index (χ4v) is 3.42. The maximum atomic E-state index is 5.08. The van der Waals surface area contributed by atoms with Gasteiger partial charge in [0, 0.05) is 38.0 Å². The predicted molar refractivity (Wildman–Crippen MR) is 73.7 cm³/mol. The van der Waals surface area contributed by atoms with E-state index in [1.165, 1.54) is 18.4 Å². The van der Waals surface area contributed by atoms with Crippen molar-refractivity contribution in [3.8, 4) is 0 Å². The molecule has 18 heavy (non-hydrogen) atoms. The summed E-state index contributed by atoms with van der Waals surface area (Å²) in [6.45, 7) is 7.42. The molecule has 1 heterocycles. The lowest BCUT2D eigenvalue weighted by molar-refractivity contribution is 0.0547. The number of pyridine rings is 1. The monoisotopic (exact) mass is 248 g/mol. The van der Waals surface area contributed by atoms with Crippen molar-refractivity contribution in [3.05, 3.63) is 30.1 Å². The molecule has 0 amide bonds. The number of hydrogen-bond donors (Lipinski definition) is 1. The van der Waals surface area contributed by atoms with Gasteiger partial charge in [0.25, 0.3) is 0 Å². The molecule has 1 aromatic rings. The topological polar surface area (TPSA) is 34.1 Å². The van der Waals surface area contributed by atoms with Gasteiger partial charge in [-0.3, -0.25) is 4.98 Å². The summed E-state index contributed by atoms with van der Waals surface area (Å²) in [5.41, 5.74) is 2.17. The second-order valence-electron chi connectivity index (χ2n) is 6.20. The van der Waals surface area contributed by atoms with Gasteiger partial charge in [0.1, 0.15) is 0 Å². The maximum absolute atomic E-state index is 5.08. The number of aromatic nitrogens is 1. The average molecular weight is 248 g/mol. The Labute approximate surface area is 110 Å². The lowest BCUT2D eigenvalue weighted by Gasteiger charge is -2.54. The molecule has 0 aliphatic heterocycles. The molecule has 0 saturated heterocycles. The second kappa shape index (κ2) is 5.37.